The number of halogens is 1. The minimum Gasteiger partial charge on any atom is -0.391 e. The van der Waals surface area contributed by atoms with Gasteiger partial charge >= 0.3 is 6.03 Å². The first-order valence-corrected chi connectivity index (χ1v) is 9.31. The summed E-state index contributed by atoms with van der Waals surface area (Å²) in [7, 11) is 1.78. The molecule has 0 fully saturated rings. The Kier molecular flexibility index (Phi) is 8.94. The predicted octanol–water partition coefficient (Wildman–Crippen LogP) is 3.42. The van der Waals surface area contributed by atoms with Gasteiger partial charge in [-0.25, -0.2) is 4.79 Å². The quantitative estimate of drug-likeness (QED) is 0.409. The van der Waals surface area contributed by atoms with E-state index in [2.05, 4.69) is 16.0 Å². The largest absolute Gasteiger partial charge is 0.391 e. The van der Waals surface area contributed by atoms with Crippen LogP contribution in [0.5, 0.6) is 0 Å². The van der Waals surface area contributed by atoms with Crippen molar-refractivity contribution in [2.75, 3.05) is 18.6 Å². The highest BCUT2D eigenvalue weighted by molar-refractivity contribution is 8.02. The maximum atomic E-state index is 12.2. The molecule has 0 radical (unpaired) electrons. The zero-order valence-electron chi connectivity index (χ0n) is 14.5. The van der Waals surface area contributed by atoms with Gasteiger partial charge in [0.2, 0.25) is 0 Å². The van der Waals surface area contributed by atoms with Crippen molar-refractivity contribution in [3.8, 4) is 0 Å². The van der Waals surface area contributed by atoms with E-state index >= 15 is 0 Å². The van der Waals surface area contributed by atoms with E-state index in [4.69, 9.17) is 17.3 Å². The molecule has 0 aliphatic rings. The van der Waals surface area contributed by atoms with Crippen molar-refractivity contribution < 1.29 is 9.59 Å². The fourth-order valence-electron chi connectivity index (χ4n) is 1.99. The summed E-state index contributed by atoms with van der Waals surface area (Å²) in [5.41, 5.74) is 7.18. The van der Waals surface area contributed by atoms with Crippen LogP contribution in [0.15, 0.2) is 46.6 Å². The Bertz CT molecular complexity index is 672. The number of urea groups is 1. The van der Waals surface area contributed by atoms with E-state index in [1.807, 2.05) is 6.92 Å². The molecule has 0 unspecified atom stereocenters. The zero-order valence-corrected chi connectivity index (χ0v) is 16.1. The van der Waals surface area contributed by atoms with Crippen LogP contribution >= 0.6 is 23.4 Å². The number of hydrogen-bond donors (Lipinski definition) is 4. The second-order valence-electron chi connectivity index (χ2n) is 5.07. The number of benzene rings is 1. The summed E-state index contributed by atoms with van der Waals surface area (Å²) < 4.78 is 0. The van der Waals surface area contributed by atoms with Crippen LogP contribution in [-0.4, -0.2) is 25.2 Å². The SMILES string of the molecule is CCC/C(=C/C(C(N)=O)=C(/NC(=O)Nc1ccc(Cl)cc1)SC)NC. The minimum absolute atomic E-state index is 0.247. The lowest BCUT2D eigenvalue weighted by molar-refractivity contribution is -0.114. The van der Waals surface area contributed by atoms with Gasteiger partial charge in [-0.15, -0.1) is 11.8 Å². The second kappa shape index (κ2) is 10.7. The number of anilines is 1. The van der Waals surface area contributed by atoms with Crippen LogP contribution in [0.3, 0.4) is 0 Å². The van der Waals surface area contributed by atoms with Gasteiger partial charge in [0.05, 0.1) is 10.6 Å². The fraction of sp³-hybridized carbons (Fsp3) is 0.294. The van der Waals surface area contributed by atoms with Crippen LogP contribution < -0.4 is 21.7 Å². The molecule has 0 aromatic heterocycles. The molecule has 0 saturated heterocycles. The average molecular weight is 383 g/mol. The summed E-state index contributed by atoms with van der Waals surface area (Å²) in [5, 5.41) is 9.33. The molecule has 1 aromatic carbocycles. The number of amides is 3. The van der Waals surface area contributed by atoms with E-state index in [1.54, 1.807) is 43.6 Å². The topological polar surface area (TPSA) is 96.2 Å². The Morgan fingerprint density at radius 2 is 1.92 bits per heavy atom. The third-order valence-electron chi connectivity index (χ3n) is 3.20. The van der Waals surface area contributed by atoms with Crippen LogP contribution in [0.1, 0.15) is 19.8 Å². The van der Waals surface area contributed by atoms with Gasteiger partial charge in [-0.2, -0.15) is 0 Å². The van der Waals surface area contributed by atoms with E-state index in [-0.39, 0.29) is 5.57 Å². The first kappa shape index (κ1) is 20.9. The molecule has 0 aliphatic carbocycles. The number of carbonyl (C=O) groups is 2. The molecule has 25 heavy (non-hydrogen) atoms. The fourth-order valence-corrected chi connectivity index (χ4v) is 2.69. The first-order valence-electron chi connectivity index (χ1n) is 7.71. The van der Waals surface area contributed by atoms with Crippen molar-refractivity contribution in [2.24, 2.45) is 5.73 Å². The van der Waals surface area contributed by atoms with Crippen LogP contribution in [0.4, 0.5) is 10.5 Å². The Balaban J connectivity index is 3.00. The molecule has 0 heterocycles. The van der Waals surface area contributed by atoms with E-state index in [0.717, 1.165) is 18.5 Å². The molecule has 136 valence electrons. The van der Waals surface area contributed by atoms with Gasteiger partial charge in [0.15, 0.2) is 0 Å². The number of rotatable bonds is 8. The smallest absolute Gasteiger partial charge is 0.324 e. The Morgan fingerprint density at radius 1 is 1.28 bits per heavy atom. The van der Waals surface area contributed by atoms with E-state index in [9.17, 15) is 9.59 Å². The lowest BCUT2D eigenvalue weighted by atomic mass is 10.1. The molecule has 3 amide bonds. The number of carbonyl (C=O) groups excluding carboxylic acids is 2. The normalized spacial score (nSPS) is 12.2. The molecule has 8 heteroatoms. The van der Waals surface area contributed by atoms with Gasteiger partial charge in [-0.1, -0.05) is 24.9 Å². The Morgan fingerprint density at radius 3 is 2.40 bits per heavy atom. The molecule has 0 saturated carbocycles. The van der Waals surface area contributed by atoms with Crippen LogP contribution in [0.2, 0.25) is 5.02 Å². The summed E-state index contributed by atoms with van der Waals surface area (Å²) in [4.78, 5) is 24.0. The van der Waals surface area contributed by atoms with Crippen molar-refractivity contribution >= 4 is 41.0 Å². The number of nitrogens with one attached hydrogen (secondary N) is 3. The summed E-state index contributed by atoms with van der Waals surface area (Å²) in [5.74, 6) is -0.611. The van der Waals surface area contributed by atoms with Gasteiger partial charge in [0.25, 0.3) is 5.91 Å². The highest BCUT2D eigenvalue weighted by Crippen LogP contribution is 2.18. The van der Waals surface area contributed by atoms with Crippen LogP contribution in [0, 0.1) is 0 Å². The maximum Gasteiger partial charge on any atom is 0.324 e. The van der Waals surface area contributed by atoms with E-state index in [1.165, 1.54) is 11.8 Å². The van der Waals surface area contributed by atoms with Crippen LogP contribution in [0.25, 0.3) is 0 Å². The van der Waals surface area contributed by atoms with E-state index in [0.29, 0.717) is 15.7 Å². The molecule has 1 rings (SSSR count). The van der Waals surface area contributed by atoms with E-state index < -0.39 is 11.9 Å². The lowest BCUT2D eigenvalue weighted by Crippen LogP contribution is -2.30. The molecule has 0 aliphatic heterocycles. The highest BCUT2D eigenvalue weighted by atomic mass is 35.5. The summed E-state index contributed by atoms with van der Waals surface area (Å²) >= 11 is 7.05. The predicted molar refractivity (Wildman–Crippen MR) is 105 cm³/mol. The second-order valence-corrected chi connectivity index (χ2v) is 6.32. The maximum absolute atomic E-state index is 12.2. The van der Waals surface area contributed by atoms with Gasteiger partial charge in [0.1, 0.15) is 0 Å². The third kappa shape index (κ3) is 7.11. The molecular formula is C17H23ClN4O2S. The lowest BCUT2D eigenvalue weighted by Gasteiger charge is -2.13. The number of allylic oxidation sites excluding steroid dienone is 1. The van der Waals surface area contributed by atoms with Gasteiger partial charge in [0, 0.05) is 23.5 Å². The molecular weight excluding hydrogens is 360 g/mol. The Hall–Kier alpha value is -2.12. The molecule has 5 N–H and O–H groups in total. The average Bonchev–Trinajstić information content (AvgIpc) is 2.58. The molecule has 6 nitrogen and oxygen atoms in total. The monoisotopic (exact) mass is 382 g/mol. The summed E-state index contributed by atoms with van der Waals surface area (Å²) in [6.07, 6.45) is 5.11. The molecule has 0 atom stereocenters. The number of primary amides is 1. The highest BCUT2D eigenvalue weighted by Gasteiger charge is 2.14. The standard InChI is InChI=1S/C17H23ClN4O2S/c1-4-5-13(20-2)10-14(15(19)23)16(25-3)22-17(24)21-12-8-6-11(18)7-9-12/h6-10,20H,4-5H2,1-3H3,(H2,19,23)(H2,21,22,24)/b13-10-,16-14+. The van der Waals surface area contributed by atoms with Gasteiger partial charge < -0.3 is 21.7 Å². The van der Waals surface area contributed by atoms with Gasteiger partial charge in [-0.05, 0) is 43.0 Å². The summed E-state index contributed by atoms with van der Waals surface area (Å²) in [6.45, 7) is 2.03. The molecule has 1 aromatic rings. The van der Waals surface area contributed by atoms with Crippen molar-refractivity contribution in [3.05, 3.63) is 51.7 Å². The molecule has 0 bridgehead atoms. The first-order chi connectivity index (χ1) is 11.9. The van der Waals surface area contributed by atoms with Crippen molar-refractivity contribution in [1.29, 1.82) is 0 Å². The Labute approximate surface area is 157 Å². The van der Waals surface area contributed by atoms with Crippen molar-refractivity contribution in [1.82, 2.24) is 10.6 Å². The van der Waals surface area contributed by atoms with Crippen LogP contribution in [-0.2, 0) is 4.79 Å². The van der Waals surface area contributed by atoms with Gasteiger partial charge in [-0.3, -0.25) is 4.79 Å². The molecule has 0 spiro atoms. The number of nitrogens with two attached hydrogens (primary N) is 1. The zero-order chi connectivity index (χ0) is 18.8. The minimum atomic E-state index is -0.611. The number of hydrogen-bond acceptors (Lipinski definition) is 4. The third-order valence-corrected chi connectivity index (χ3v) is 4.18. The number of thioether (sulfide) groups is 1. The summed E-state index contributed by atoms with van der Waals surface area (Å²) in [6, 6.07) is 6.23. The van der Waals surface area contributed by atoms with Crippen molar-refractivity contribution in [3.63, 3.8) is 0 Å². The van der Waals surface area contributed by atoms with Crippen molar-refractivity contribution in [2.45, 2.75) is 19.8 Å².